The number of ether oxygens (including phenoxy) is 1. The Bertz CT molecular complexity index is 475. The predicted octanol–water partition coefficient (Wildman–Crippen LogP) is 0.182. The number of methoxy groups -OCH3 is 1. The van der Waals surface area contributed by atoms with Crippen molar-refractivity contribution in [2.45, 2.75) is 0 Å². The van der Waals surface area contributed by atoms with Crippen LogP contribution in [0.25, 0.3) is 0 Å². The fraction of sp³-hybridized carbons (Fsp3) is 0.429. The monoisotopic (exact) mass is 313 g/mol. The van der Waals surface area contributed by atoms with Gasteiger partial charge in [0, 0.05) is 31.1 Å². The molecule has 1 aliphatic heterocycles. The summed E-state index contributed by atoms with van der Waals surface area (Å²) in [6.07, 6.45) is 0. The van der Waals surface area contributed by atoms with Crippen LogP contribution in [0.15, 0.2) is 24.3 Å². The molecule has 7 heteroatoms. The summed E-state index contributed by atoms with van der Waals surface area (Å²) >= 11 is 0. The first-order chi connectivity index (χ1) is 9.69. The molecule has 2 amide bonds. The summed E-state index contributed by atoms with van der Waals surface area (Å²) in [7, 11) is 1.57. The summed E-state index contributed by atoms with van der Waals surface area (Å²) in [5.74, 6) is 0.761. The van der Waals surface area contributed by atoms with E-state index in [9.17, 15) is 9.59 Å². The molecule has 0 aromatic heterocycles. The lowest BCUT2D eigenvalue weighted by molar-refractivity contribution is -0.120. The van der Waals surface area contributed by atoms with Gasteiger partial charge in [-0.05, 0) is 24.3 Å². The Kier molecular flexibility index (Phi) is 6.98. The van der Waals surface area contributed by atoms with Crippen LogP contribution < -0.4 is 20.7 Å². The minimum Gasteiger partial charge on any atom is -0.497 e. The molecule has 0 spiro atoms. The van der Waals surface area contributed by atoms with Crippen molar-refractivity contribution in [3.05, 3.63) is 29.8 Å². The Morgan fingerprint density at radius 2 is 1.90 bits per heavy atom. The Balaban J connectivity index is 0.00000220. The van der Waals surface area contributed by atoms with Gasteiger partial charge in [0.25, 0.3) is 5.91 Å². The summed E-state index contributed by atoms with van der Waals surface area (Å²) < 4.78 is 5.02. The number of hydrogen-bond donors (Lipinski definition) is 3. The first-order valence-corrected chi connectivity index (χ1v) is 6.58. The number of halogens is 1. The highest BCUT2D eigenvalue weighted by molar-refractivity contribution is 5.96. The molecule has 0 radical (unpaired) electrons. The first-order valence-electron chi connectivity index (χ1n) is 6.58. The number of carbonyl (C=O) groups is 2. The molecule has 1 aromatic rings. The standard InChI is InChI=1S/C14H19N3O3.ClH/c1-20-12-4-2-11(3-5-12)14(19)17-9-13(18)16-8-10-6-15-7-10;/h2-5,10,15H,6-9H2,1H3,(H,16,18)(H,17,19);1H. The molecule has 1 fully saturated rings. The van der Waals surface area contributed by atoms with Crippen LogP contribution in [0.1, 0.15) is 10.4 Å². The fourth-order valence-corrected chi connectivity index (χ4v) is 1.82. The first kappa shape index (κ1) is 17.3. The van der Waals surface area contributed by atoms with Gasteiger partial charge in [-0.25, -0.2) is 0 Å². The van der Waals surface area contributed by atoms with Gasteiger partial charge < -0.3 is 20.7 Å². The zero-order valence-electron chi connectivity index (χ0n) is 11.8. The summed E-state index contributed by atoms with van der Waals surface area (Å²) in [6.45, 7) is 2.53. The quantitative estimate of drug-likeness (QED) is 0.700. The number of benzene rings is 1. The molecular weight excluding hydrogens is 294 g/mol. The largest absolute Gasteiger partial charge is 0.497 e. The van der Waals surface area contributed by atoms with Crippen molar-refractivity contribution < 1.29 is 14.3 Å². The third-order valence-electron chi connectivity index (χ3n) is 3.22. The van der Waals surface area contributed by atoms with Gasteiger partial charge in [0.15, 0.2) is 0 Å². The van der Waals surface area contributed by atoms with E-state index < -0.39 is 0 Å². The number of hydrogen-bond acceptors (Lipinski definition) is 4. The highest BCUT2D eigenvalue weighted by Crippen LogP contribution is 2.10. The van der Waals surface area contributed by atoms with E-state index in [4.69, 9.17) is 4.74 Å². The van der Waals surface area contributed by atoms with Gasteiger partial charge >= 0.3 is 0 Å². The average molecular weight is 314 g/mol. The van der Waals surface area contributed by atoms with Crippen LogP contribution in [0, 0.1) is 5.92 Å². The van der Waals surface area contributed by atoms with Gasteiger partial charge in [-0.1, -0.05) is 0 Å². The molecule has 1 aliphatic rings. The van der Waals surface area contributed by atoms with Crippen molar-refractivity contribution in [3.8, 4) is 5.75 Å². The summed E-state index contributed by atoms with van der Waals surface area (Å²) in [5.41, 5.74) is 0.502. The Hall–Kier alpha value is -1.79. The second-order valence-corrected chi connectivity index (χ2v) is 4.74. The molecule has 116 valence electrons. The molecule has 21 heavy (non-hydrogen) atoms. The second-order valence-electron chi connectivity index (χ2n) is 4.74. The van der Waals surface area contributed by atoms with E-state index in [1.54, 1.807) is 31.4 Å². The van der Waals surface area contributed by atoms with Crippen LogP contribution in [0.2, 0.25) is 0 Å². The number of amides is 2. The van der Waals surface area contributed by atoms with Crippen LogP contribution in [-0.4, -0.2) is 45.1 Å². The van der Waals surface area contributed by atoms with E-state index >= 15 is 0 Å². The molecule has 1 aromatic carbocycles. The van der Waals surface area contributed by atoms with Crippen molar-refractivity contribution in [1.82, 2.24) is 16.0 Å². The fourth-order valence-electron chi connectivity index (χ4n) is 1.82. The summed E-state index contributed by atoms with van der Waals surface area (Å²) in [5, 5.41) is 8.52. The Morgan fingerprint density at radius 1 is 1.24 bits per heavy atom. The third-order valence-corrected chi connectivity index (χ3v) is 3.22. The molecule has 3 N–H and O–H groups in total. The SMILES string of the molecule is COc1ccc(C(=O)NCC(=O)NCC2CNC2)cc1.Cl. The maximum atomic E-state index is 11.8. The van der Waals surface area contributed by atoms with Gasteiger partial charge in [-0.2, -0.15) is 0 Å². The minimum atomic E-state index is -0.270. The molecule has 0 unspecified atom stereocenters. The van der Waals surface area contributed by atoms with E-state index in [1.165, 1.54) is 0 Å². The average Bonchev–Trinajstić information content (AvgIpc) is 2.43. The molecule has 1 saturated heterocycles. The molecular formula is C14H20ClN3O3. The third kappa shape index (κ3) is 5.24. The van der Waals surface area contributed by atoms with Crippen LogP contribution in [0.3, 0.4) is 0 Å². The van der Waals surface area contributed by atoms with Gasteiger partial charge in [0.1, 0.15) is 5.75 Å². The van der Waals surface area contributed by atoms with Crippen molar-refractivity contribution in [2.24, 2.45) is 5.92 Å². The molecule has 0 aliphatic carbocycles. The van der Waals surface area contributed by atoms with E-state index in [2.05, 4.69) is 16.0 Å². The maximum Gasteiger partial charge on any atom is 0.251 e. The van der Waals surface area contributed by atoms with Crippen LogP contribution in [0.4, 0.5) is 0 Å². The summed E-state index contributed by atoms with van der Waals surface area (Å²) in [6, 6.07) is 6.73. The highest BCUT2D eigenvalue weighted by Gasteiger charge is 2.17. The number of carbonyl (C=O) groups excluding carboxylic acids is 2. The van der Waals surface area contributed by atoms with Crippen molar-refractivity contribution in [2.75, 3.05) is 33.3 Å². The normalized spacial score (nSPS) is 13.6. The van der Waals surface area contributed by atoms with E-state index in [0.29, 0.717) is 23.8 Å². The van der Waals surface area contributed by atoms with E-state index in [1.807, 2.05) is 0 Å². The van der Waals surface area contributed by atoms with Gasteiger partial charge in [-0.3, -0.25) is 9.59 Å². The highest BCUT2D eigenvalue weighted by atomic mass is 35.5. The van der Waals surface area contributed by atoms with Gasteiger partial charge in [-0.15, -0.1) is 12.4 Å². The van der Waals surface area contributed by atoms with E-state index in [0.717, 1.165) is 13.1 Å². The number of rotatable bonds is 6. The van der Waals surface area contributed by atoms with Crippen molar-refractivity contribution in [1.29, 1.82) is 0 Å². The predicted molar refractivity (Wildman–Crippen MR) is 81.9 cm³/mol. The molecule has 2 rings (SSSR count). The second kappa shape index (κ2) is 8.49. The zero-order valence-corrected chi connectivity index (χ0v) is 12.7. The molecule has 0 atom stereocenters. The van der Waals surface area contributed by atoms with Crippen LogP contribution in [0.5, 0.6) is 5.75 Å². The Morgan fingerprint density at radius 3 is 2.43 bits per heavy atom. The number of nitrogens with one attached hydrogen (secondary N) is 3. The lowest BCUT2D eigenvalue weighted by Gasteiger charge is -2.27. The van der Waals surface area contributed by atoms with Crippen molar-refractivity contribution in [3.63, 3.8) is 0 Å². The van der Waals surface area contributed by atoms with Crippen LogP contribution in [-0.2, 0) is 4.79 Å². The molecule has 6 nitrogen and oxygen atoms in total. The lowest BCUT2D eigenvalue weighted by Crippen LogP contribution is -2.49. The topological polar surface area (TPSA) is 79.5 Å². The zero-order chi connectivity index (χ0) is 14.4. The molecule has 0 saturated carbocycles. The smallest absolute Gasteiger partial charge is 0.251 e. The molecule has 0 bridgehead atoms. The lowest BCUT2D eigenvalue weighted by atomic mass is 10.0. The summed E-state index contributed by atoms with van der Waals surface area (Å²) in [4.78, 5) is 23.4. The van der Waals surface area contributed by atoms with Gasteiger partial charge in [0.05, 0.1) is 13.7 Å². The van der Waals surface area contributed by atoms with Gasteiger partial charge in [0.2, 0.25) is 5.91 Å². The minimum absolute atomic E-state index is 0. The maximum absolute atomic E-state index is 11.8. The van der Waals surface area contributed by atoms with Crippen molar-refractivity contribution >= 4 is 24.2 Å². The van der Waals surface area contributed by atoms with E-state index in [-0.39, 0.29) is 30.8 Å². The Labute approximate surface area is 130 Å². The van der Waals surface area contributed by atoms with Crippen LogP contribution >= 0.6 is 12.4 Å². The molecule has 1 heterocycles.